The van der Waals surface area contributed by atoms with Crippen molar-refractivity contribution in [3.8, 4) is 0 Å². The normalized spacial score (nSPS) is 16.4. The molecule has 1 aliphatic rings. The van der Waals surface area contributed by atoms with Gasteiger partial charge in [-0.25, -0.2) is 13.1 Å². The predicted molar refractivity (Wildman–Crippen MR) is 172 cm³/mol. The van der Waals surface area contributed by atoms with Gasteiger partial charge in [0.25, 0.3) is 11.8 Å². The van der Waals surface area contributed by atoms with Gasteiger partial charge < -0.3 is 40.0 Å². The summed E-state index contributed by atoms with van der Waals surface area (Å²) in [6.45, 7) is 4.85. The van der Waals surface area contributed by atoms with Crippen molar-refractivity contribution in [1.29, 1.82) is 0 Å². The third kappa shape index (κ3) is 11.4. The van der Waals surface area contributed by atoms with Crippen LogP contribution in [0.15, 0.2) is 41.3 Å². The van der Waals surface area contributed by atoms with Gasteiger partial charge in [-0.15, -0.1) is 0 Å². The molecule has 0 radical (unpaired) electrons. The van der Waals surface area contributed by atoms with Crippen LogP contribution in [0, 0.1) is 0 Å². The van der Waals surface area contributed by atoms with E-state index in [0.29, 0.717) is 16.6 Å². The SMILES string of the molecule is CCNC(=O)C(O)C(O)C(=O)NCCOCCOCCOCCNS(=O)(=O)c1ccc([C@H]2CN(C)Cc3c(Cl)cc(Cl)cc32)cc1. The number of amides is 2. The van der Waals surface area contributed by atoms with Gasteiger partial charge in [0, 0.05) is 48.7 Å². The van der Waals surface area contributed by atoms with Gasteiger partial charge in [0.15, 0.2) is 12.2 Å². The van der Waals surface area contributed by atoms with Crippen molar-refractivity contribution >= 4 is 45.0 Å². The van der Waals surface area contributed by atoms with Crippen LogP contribution in [0.4, 0.5) is 0 Å². The van der Waals surface area contributed by atoms with Gasteiger partial charge in [-0.3, -0.25) is 9.59 Å². The zero-order chi connectivity index (χ0) is 33.7. The maximum absolute atomic E-state index is 12.8. The third-order valence-corrected chi connectivity index (χ3v) is 9.13. The lowest BCUT2D eigenvalue weighted by atomic mass is 9.85. The van der Waals surface area contributed by atoms with Crippen LogP contribution in [0.3, 0.4) is 0 Å². The van der Waals surface area contributed by atoms with Crippen molar-refractivity contribution in [3.63, 3.8) is 0 Å². The number of halogens is 2. The minimum atomic E-state index is -3.73. The Hall–Kier alpha value is -2.37. The number of hydrogen-bond acceptors (Lipinski definition) is 10. The number of nitrogens with one attached hydrogen (secondary N) is 3. The highest BCUT2D eigenvalue weighted by Crippen LogP contribution is 2.38. The molecular formula is C30H42Cl2N4O9S. The van der Waals surface area contributed by atoms with Crippen molar-refractivity contribution in [3.05, 3.63) is 63.1 Å². The molecule has 0 saturated heterocycles. The van der Waals surface area contributed by atoms with Gasteiger partial charge in [0.05, 0.1) is 44.5 Å². The summed E-state index contributed by atoms with van der Waals surface area (Å²) in [5.41, 5.74) is 3.04. The number of sulfonamides is 1. The average Bonchev–Trinajstić information content (AvgIpc) is 3.02. The molecule has 3 atom stereocenters. The Morgan fingerprint density at radius 2 is 1.48 bits per heavy atom. The van der Waals surface area contributed by atoms with Gasteiger partial charge in [-0.05, 0) is 54.9 Å². The molecule has 1 heterocycles. The molecule has 0 aliphatic carbocycles. The summed E-state index contributed by atoms with van der Waals surface area (Å²) in [5, 5.41) is 25.2. The highest BCUT2D eigenvalue weighted by atomic mass is 35.5. The molecule has 2 amide bonds. The number of carbonyl (C=O) groups is 2. The van der Waals surface area contributed by atoms with Crippen molar-refractivity contribution in [2.45, 2.75) is 36.5 Å². The van der Waals surface area contributed by atoms with Crippen molar-refractivity contribution in [1.82, 2.24) is 20.3 Å². The fourth-order valence-corrected chi connectivity index (χ4v) is 6.38. The fraction of sp³-hybridized carbons (Fsp3) is 0.533. The lowest BCUT2D eigenvalue weighted by Gasteiger charge is -2.33. The smallest absolute Gasteiger partial charge is 0.252 e. The molecule has 2 unspecified atom stereocenters. The lowest BCUT2D eigenvalue weighted by molar-refractivity contribution is -0.146. The minimum absolute atomic E-state index is 0.00688. The molecule has 0 spiro atoms. The van der Waals surface area contributed by atoms with Crippen LogP contribution in [0.2, 0.25) is 10.0 Å². The standard InChI is InChI=1S/C30H42Cl2N4O9S/c1-3-33-29(39)27(37)28(38)30(40)34-8-10-43-12-14-45-15-13-44-11-9-35-46(41,42)22-6-4-20(5-7-22)24-18-36(2)19-25-23(24)16-21(31)17-26(25)32/h4-7,16-17,24,27-28,35,37-38H,3,8-15,18-19H2,1-2H3,(H,33,39)(H,34,40)/t24-,27?,28?/m1/s1. The first kappa shape index (κ1) is 38.1. The Kier molecular flexibility index (Phi) is 15.6. The van der Waals surface area contributed by atoms with Crippen LogP contribution < -0.4 is 15.4 Å². The Morgan fingerprint density at radius 1 is 0.913 bits per heavy atom. The van der Waals surface area contributed by atoms with Gasteiger partial charge >= 0.3 is 0 Å². The molecule has 0 fully saturated rings. The molecule has 0 aromatic heterocycles. The number of nitrogens with zero attached hydrogens (tertiary/aromatic N) is 1. The van der Waals surface area contributed by atoms with Crippen molar-refractivity contribution < 1.29 is 42.4 Å². The Bertz CT molecular complexity index is 1400. The van der Waals surface area contributed by atoms with Gasteiger partial charge in [-0.1, -0.05) is 35.3 Å². The van der Waals surface area contributed by atoms with E-state index in [4.69, 9.17) is 37.4 Å². The summed E-state index contributed by atoms with van der Waals surface area (Å²) in [4.78, 5) is 25.6. The number of fused-ring (bicyclic) bond motifs is 1. The van der Waals surface area contributed by atoms with E-state index >= 15 is 0 Å². The molecular weight excluding hydrogens is 663 g/mol. The predicted octanol–water partition coefficient (Wildman–Crippen LogP) is 0.873. The van der Waals surface area contributed by atoms with E-state index in [0.717, 1.165) is 23.2 Å². The zero-order valence-corrected chi connectivity index (χ0v) is 28.2. The van der Waals surface area contributed by atoms with Gasteiger partial charge in [-0.2, -0.15) is 0 Å². The van der Waals surface area contributed by atoms with Crippen LogP contribution in [-0.2, 0) is 40.4 Å². The molecule has 46 heavy (non-hydrogen) atoms. The summed E-state index contributed by atoms with van der Waals surface area (Å²) in [6.07, 6.45) is -3.74. The molecule has 2 aromatic rings. The minimum Gasteiger partial charge on any atom is -0.380 e. The lowest BCUT2D eigenvalue weighted by Crippen LogP contribution is -2.49. The first-order valence-electron chi connectivity index (χ1n) is 14.8. The zero-order valence-electron chi connectivity index (χ0n) is 25.8. The first-order chi connectivity index (χ1) is 21.9. The number of ether oxygens (including phenoxy) is 3. The monoisotopic (exact) mass is 704 g/mol. The molecule has 2 aromatic carbocycles. The molecule has 1 aliphatic heterocycles. The summed E-state index contributed by atoms with van der Waals surface area (Å²) < 4.78 is 44.2. The Morgan fingerprint density at radius 3 is 2.09 bits per heavy atom. The van der Waals surface area contributed by atoms with E-state index in [1.165, 1.54) is 0 Å². The second-order valence-corrected chi connectivity index (χ2v) is 13.2. The molecule has 256 valence electrons. The number of carbonyl (C=O) groups excluding carboxylic acids is 2. The number of benzene rings is 2. The maximum atomic E-state index is 12.8. The van der Waals surface area contributed by atoms with E-state index in [1.807, 2.05) is 25.2 Å². The summed E-state index contributed by atoms with van der Waals surface area (Å²) >= 11 is 12.7. The number of aliphatic hydroxyl groups is 2. The van der Waals surface area contributed by atoms with E-state index in [9.17, 15) is 28.2 Å². The molecule has 16 heteroatoms. The van der Waals surface area contributed by atoms with E-state index < -0.39 is 34.0 Å². The molecule has 13 nitrogen and oxygen atoms in total. The number of hydrogen-bond donors (Lipinski definition) is 5. The first-order valence-corrected chi connectivity index (χ1v) is 17.1. The van der Waals surface area contributed by atoms with Crippen LogP contribution in [0.5, 0.6) is 0 Å². The summed E-state index contributed by atoms with van der Waals surface area (Å²) in [5.74, 6) is -1.71. The van der Waals surface area contributed by atoms with E-state index in [-0.39, 0.29) is 70.1 Å². The quantitative estimate of drug-likeness (QED) is 0.132. The second kappa shape index (κ2) is 18.8. The average molecular weight is 706 g/mol. The Labute approximate surface area is 279 Å². The highest BCUT2D eigenvalue weighted by molar-refractivity contribution is 7.89. The largest absolute Gasteiger partial charge is 0.380 e. The number of aliphatic hydroxyl groups excluding tert-OH is 2. The number of likely N-dealkylation sites (N-methyl/N-ethyl adjacent to an activating group) is 2. The summed E-state index contributed by atoms with van der Waals surface area (Å²) in [7, 11) is -1.71. The third-order valence-electron chi connectivity index (χ3n) is 7.10. The molecule has 0 saturated carbocycles. The van der Waals surface area contributed by atoms with Crippen LogP contribution in [0.1, 0.15) is 29.5 Å². The maximum Gasteiger partial charge on any atom is 0.252 e. The molecule has 0 bridgehead atoms. The van der Waals surface area contributed by atoms with E-state index in [2.05, 4.69) is 20.3 Å². The topological polar surface area (TPSA) is 176 Å². The summed E-state index contributed by atoms with van der Waals surface area (Å²) in [6, 6.07) is 10.5. The van der Waals surface area contributed by atoms with Crippen molar-refractivity contribution in [2.75, 3.05) is 72.9 Å². The van der Waals surface area contributed by atoms with Gasteiger partial charge in [0.1, 0.15) is 0 Å². The van der Waals surface area contributed by atoms with Crippen LogP contribution >= 0.6 is 23.2 Å². The molecule has 3 rings (SSSR count). The highest BCUT2D eigenvalue weighted by Gasteiger charge is 2.30. The van der Waals surface area contributed by atoms with Crippen LogP contribution in [-0.4, -0.2) is 120 Å². The fourth-order valence-electron chi connectivity index (χ4n) is 4.80. The van der Waals surface area contributed by atoms with Crippen LogP contribution in [0.25, 0.3) is 0 Å². The van der Waals surface area contributed by atoms with E-state index in [1.54, 1.807) is 25.1 Å². The number of rotatable bonds is 19. The van der Waals surface area contributed by atoms with Gasteiger partial charge in [0.2, 0.25) is 10.0 Å². The molecule has 5 N–H and O–H groups in total. The second-order valence-electron chi connectivity index (χ2n) is 10.6. The van der Waals surface area contributed by atoms with Crippen molar-refractivity contribution in [2.24, 2.45) is 0 Å². The Balaban J connectivity index is 1.27.